The zero-order valence-corrected chi connectivity index (χ0v) is 14.4. The van der Waals surface area contributed by atoms with Gasteiger partial charge < -0.3 is 14.5 Å². The van der Waals surface area contributed by atoms with E-state index in [0.29, 0.717) is 22.6 Å². The quantitative estimate of drug-likeness (QED) is 0.692. The molecule has 0 aliphatic heterocycles. The van der Waals surface area contributed by atoms with Crippen LogP contribution in [0.1, 0.15) is 33.3 Å². The summed E-state index contributed by atoms with van der Waals surface area (Å²) in [5, 5.41) is 0.882. The average Bonchev–Trinajstić information content (AvgIpc) is 2.95. The van der Waals surface area contributed by atoms with Crippen molar-refractivity contribution in [3.05, 3.63) is 59.3 Å². The number of hydrogen-bond donors (Lipinski definition) is 1. The van der Waals surface area contributed by atoms with Crippen LogP contribution in [-0.4, -0.2) is 30.3 Å². The summed E-state index contributed by atoms with van der Waals surface area (Å²) in [7, 11) is 1.50. The monoisotopic (exact) mass is 337 g/mol. The van der Waals surface area contributed by atoms with Crippen LogP contribution in [0.3, 0.4) is 0 Å². The van der Waals surface area contributed by atoms with Gasteiger partial charge in [-0.2, -0.15) is 0 Å². The fourth-order valence-electron chi connectivity index (χ4n) is 2.86. The number of rotatable bonds is 6. The van der Waals surface area contributed by atoms with Crippen LogP contribution >= 0.6 is 0 Å². The highest BCUT2D eigenvalue weighted by Gasteiger charge is 2.17. The number of hydrogen-bond acceptors (Lipinski definition) is 4. The maximum atomic E-state index is 12.6. The van der Waals surface area contributed by atoms with Gasteiger partial charge in [-0.15, -0.1) is 0 Å². The van der Waals surface area contributed by atoms with Crippen LogP contribution in [0.25, 0.3) is 10.9 Å². The minimum Gasteiger partial charge on any atom is -0.493 e. The first kappa shape index (κ1) is 16.8. The Hall–Kier alpha value is -3.08. The maximum Gasteiger partial charge on any atom is 0.202 e. The number of benzene rings is 2. The molecule has 0 saturated heterocycles. The van der Waals surface area contributed by atoms with Gasteiger partial charge in [-0.05, 0) is 38.1 Å². The summed E-state index contributed by atoms with van der Waals surface area (Å²) in [6.07, 6.45) is 0. The SMILES string of the molecule is COc1cc(C(C)=O)ccc1OCC(=O)c1c(C)[nH]c2ccccc12. The molecule has 0 amide bonds. The molecular formula is C20H19NO4. The largest absolute Gasteiger partial charge is 0.493 e. The molecular weight excluding hydrogens is 318 g/mol. The van der Waals surface area contributed by atoms with Crippen molar-refractivity contribution in [2.24, 2.45) is 0 Å². The highest BCUT2D eigenvalue weighted by atomic mass is 16.5. The number of H-pyrrole nitrogens is 1. The summed E-state index contributed by atoms with van der Waals surface area (Å²) in [6, 6.07) is 12.6. The zero-order valence-electron chi connectivity index (χ0n) is 14.4. The second-order valence-corrected chi connectivity index (χ2v) is 5.80. The minimum absolute atomic E-state index is 0.0599. The first-order chi connectivity index (χ1) is 12.0. The summed E-state index contributed by atoms with van der Waals surface area (Å²) < 4.78 is 10.9. The number of aromatic amines is 1. The van der Waals surface area contributed by atoms with Gasteiger partial charge in [0.15, 0.2) is 23.9 Å². The zero-order chi connectivity index (χ0) is 18.0. The van der Waals surface area contributed by atoms with Crippen molar-refractivity contribution in [1.29, 1.82) is 0 Å². The number of fused-ring (bicyclic) bond motifs is 1. The molecule has 0 unspecified atom stereocenters. The lowest BCUT2D eigenvalue weighted by atomic mass is 10.1. The molecule has 3 rings (SSSR count). The van der Waals surface area contributed by atoms with Crippen molar-refractivity contribution < 1.29 is 19.1 Å². The maximum absolute atomic E-state index is 12.6. The molecule has 2 aromatic carbocycles. The number of ether oxygens (including phenoxy) is 2. The van der Waals surface area contributed by atoms with Gasteiger partial charge in [0.05, 0.1) is 7.11 Å². The normalized spacial score (nSPS) is 10.7. The molecule has 0 atom stereocenters. The van der Waals surface area contributed by atoms with Gasteiger partial charge in [0, 0.05) is 27.7 Å². The fraction of sp³-hybridized carbons (Fsp3) is 0.200. The lowest BCUT2D eigenvalue weighted by molar-refractivity contribution is 0.0919. The van der Waals surface area contributed by atoms with E-state index in [1.54, 1.807) is 18.2 Å². The number of nitrogens with one attached hydrogen (secondary N) is 1. The van der Waals surface area contributed by atoms with Crippen molar-refractivity contribution >= 4 is 22.5 Å². The van der Waals surface area contributed by atoms with Crippen LogP contribution in [0.15, 0.2) is 42.5 Å². The fourth-order valence-corrected chi connectivity index (χ4v) is 2.86. The van der Waals surface area contributed by atoms with Gasteiger partial charge in [0.2, 0.25) is 5.78 Å². The summed E-state index contributed by atoms with van der Waals surface area (Å²) in [5.41, 5.74) is 2.90. The Bertz CT molecular complexity index is 955. The third-order valence-electron chi connectivity index (χ3n) is 4.10. The molecule has 1 aromatic heterocycles. The molecule has 0 aliphatic carbocycles. The first-order valence-corrected chi connectivity index (χ1v) is 7.93. The lowest BCUT2D eigenvalue weighted by Crippen LogP contribution is -2.13. The summed E-state index contributed by atoms with van der Waals surface area (Å²) in [6.45, 7) is 3.24. The number of carbonyl (C=O) groups excluding carboxylic acids is 2. The van der Waals surface area contributed by atoms with E-state index < -0.39 is 0 Å². The van der Waals surface area contributed by atoms with Crippen LogP contribution in [0.5, 0.6) is 11.5 Å². The Morgan fingerprint density at radius 2 is 1.84 bits per heavy atom. The molecule has 0 fully saturated rings. The van der Waals surface area contributed by atoms with E-state index in [9.17, 15) is 9.59 Å². The highest BCUT2D eigenvalue weighted by Crippen LogP contribution is 2.29. The molecule has 5 heteroatoms. The molecule has 1 N–H and O–H groups in total. The van der Waals surface area contributed by atoms with Crippen LogP contribution in [0.2, 0.25) is 0 Å². The summed E-state index contributed by atoms with van der Waals surface area (Å²) in [5.74, 6) is 0.678. The number of para-hydroxylation sites is 1. The number of Topliss-reactive ketones (excluding diaryl/α,β-unsaturated/α-hetero) is 2. The molecule has 128 valence electrons. The van der Waals surface area contributed by atoms with Crippen LogP contribution in [0, 0.1) is 6.92 Å². The van der Waals surface area contributed by atoms with Crippen molar-refractivity contribution in [3.63, 3.8) is 0 Å². The Morgan fingerprint density at radius 3 is 2.56 bits per heavy atom. The Morgan fingerprint density at radius 1 is 1.08 bits per heavy atom. The van der Waals surface area contributed by atoms with Gasteiger partial charge in [-0.1, -0.05) is 18.2 Å². The number of ketones is 2. The molecule has 3 aromatic rings. The lowest BCUT2D eigenvalue weighted by Gasteiger charge is -2.11. The minimum atomic E-state index is -0.118. The summed E-state index contributed by atoms with van der Waals surface area (Å²) >= 11 is 0. The van der Waals surface area contributed by atoms with Gasteiger partial charge >= 0.3 is 0 Å². The van der Waals surface area contributed by atoms with Gasteiger partial charge in [0.1, 0.15) is 0 Å². The smallest absolute Gasteiger partial charge is 0.202 e. The average molecular weight is 337 g/mol. The standard InChI is InChI=1S/C20H19NO4/c1-12-20(15-6-4-5-7-16(15)21-12)17(23)11-25-18-9-8-14(13(2)22)10-19(18)24-3/h4-10,21H,11H2,1-3H3. The van der Waals surface area contributed by atoms with Crippen LogP contribution in [0.4, 0.5) is 0 Å². The molecule has 25 heavy (non-hydrogen) atoms. The molecule has 1 heterocycles. The Labute approximate surface area is 145 Å². The highest BCUT2D eigenvalue weighted by molar-refractivity contribution is 6.09. The number of carbonyl (C=O) groups is 2. The molecule has 5 nitrogen and oxygen atoms in total. The van der Waals surface area contributed by atoms with Gasteiger partial charge in [-0.25, -0.2) is 0 Å². The predicted octanol–water partition coefficient (Wildman–Crippen LogP) is 3.95. The molecule has 0 spiro atoms. The topological polar surface area (TPSA) is 68.4 Å². The van der Waals surface area contributed by atoms with E-state index in [2.05, 4.69) is 4.98 Å². The predicted molar refractivity (Wildman–Crippen MR) is 95.9 cm³/mol. The number of methoxy groups -OCH3 is 1. The second-order valence-electron chi connectivity index (χ2n) is 5.80. The Kier molecular flexibility index (Phi) is 4.57. The first-order valence-electron chi connectivity index (χ1n) is 7.93. The van der Waals surface area contributed by atoms with Crippen LogP contribution in [-0.2, 0) is 0 Å². The van der Waals surface area contributed by atoms with Crippen molar-refractivity contribution in [3.8, 4) is 11.5 Å². The Balaban J connectivity index is 1.82. The van der Waals surface area contributed by atoms with E-state index in [1.165, 1.54) is 14.0 Å². The van der Waals surface area contributed by atoms with Crippen molar-refractivity contribution in [2.75, 3.05) is 13.7 Å². The molecule has 0 radical (unpaired) electrons. The third-order valence-corrected chi connectivity index (χ3v) is 4.10. The van der Waals surface area contributed by atoms with Crippen LogP contribution < -0.4 is 9.47 Å². The van der Waals surface area contributed by atoms with E-state index in [4.69, 9.17) is 9.47 Å². The van der Waals surface area contributed by atoms with E-state index in [1.807, 2.05) is 31.2 Å². The molecule has 0 saturated carbocycles. The van der Waals surface area contributed by atoms with Gasteiger partial charge in [-0.3, -0.25) is 9.59 Å². The van der Waals surface area contributed by atoms with E-state index >= 15 is 0 Å². The van der Waals surface area contributed by atoms with E-state index in [-0.39, 0.29) is 18.2 Å². The number of aryl methyl sites for hydroxylation is 1. The number of aromatic nitrogens is 1. The van der Waals surface area contributed by atoms with Crippen molar-refractivity contribution in [1.82, 2.24) is 4.98 Å². The second kappa shape index (κ2) is 6.81. The van der Waals surface area contributed by atoms with Crippen molar-refractivity contribution in [2.45, 2.75) is 13.8 Å². The third kappa shape index (κ3) is 3.26. The summed E-state index contributed by atoms with van der Waals surface area (Å²) in [4.78, 5) is 27.3. The van der Waals surface area contributed by atoms with Gasteiger partial charge in [0.25, 0.3) is 0 Å². The molecule has 0 aliphatic rings. The molecule has 0 bridgehead atoms. The van der Waals surface area contributed by atoms with E-state index in [0.717, 1.165) is 16.6 Å².